The molecule has 2 aliphatic rings. The van der Waals surface area contributed by atoms with E-state index in [4.69, 9.17) is 4.74 Å². The molecule has 1 unspecified atom stereocenters. The molecule has 0 saturated carbocycles. The van der Waals surface area contributed by atoms with Gasteiger partial charge in [0.1, 0.15) is 23.4 Å². The molecule has 0 bridgehead atoms. The van der Waals surface area contributed by atoms with E-state index in [2.05, 4.69) is 10.1 Å². The first kappa shape index (κ1) is 22.5. The maximum atomic E-state index is 13.6. The van der Waals surface area contributed by atoms with Crippen molar-refractivity contribution < 1.29 is 22.8 Å². The molecule has 2 aromatic carbocycles. The van der Waals surface area contributed by atoms with Gasteiger partial charge in [0.25, 0.3) is 0 Å². The Labute approximate surface area is 187 Å². The van der Waals surface area contributed by atoms with E-state index < -0.39 is 16.2 Å². The van der Waals surface area contributed by atoms with E-state index in [1.165, 1.54) is 29.6 Å². The van der Waals surface area contributed by atoms with Crippen LogP contribution >= 0.6 is 0 Å². The summed E-state index contributed by atoms with van der Waals surface area (Å²) in [5, 5.41) is 13.6. The molecule has 1 atom stereocenters. The normalized spacial score (nSPS) is 22.7. The van der Waals surface area contributed by atoms with Gasteiger partial charge in [-0.05, 0) is 42.8 Å². The molecule has 8 nitrogen and oxygen atoms in total. The van der Waals surface area contributed by atoms with E-state index >= 15 is 0 Å². The molecule has 32 heavy (non-hydrogen) atoms. The number of methoxy groups -OCH3 is 1. The van der Waals surface area contributed by atoms with Crippen LogP contribution in [0, 0.1) is 5.82 Å². The van der Waals surface area contributed by atoms with Crippen LogP contribution in [0.15, 0.2) is 52.5 Å². The Bertz CT molecular complexity index is 1100. The largest absolute Gasteiger partial charge is 0.496 e. The van der Waals surface area contributed by atoms with Crippen LogP contribution in [-0.4, -0.2) is 74.5 Å². The minimum Gasteiger partial charge on any atom is -0.496 e. The molecule has 10 heteroatoms. The average Bonchev–Trinajstić information content (AvgIpc) is 2.81. The summed E-state index contributed by atoms with van der Waals surface area (Å²) in [5.74, 6) is 0.0661. The summed E-state index contributed by atoms with van der Waals surface area (Å²) in [5.41, 5.74) is 1.47. The van der Waals surface area contributed by atoms with Crippen LogP contribution in [-0.2, 0) is 10.0 Å². The summed E-state index contributed by atoms with van der Waals surface area (Å²) in [4.78, 5) is 4.22. The Kier molecular flexibility index (Phi) is 6.36. The highest BCUT2D eigenvalue weighted by molar-refractivity contribution is 7.89. The number of benzene rings is 2. The first-order chi connectivity index (χ1) is 15.4. The molecule has 1 N–H and O–H groups in total. The molecule has 0 aliphatic carbocycles. The fourth-order valence-electron chi connectivity index (χ4n) is 4.47. The lowest BCUT2D eigenvalue weighted by Gasteiger charge is -2.46. The van der Waals surface area contributed by atoms with Crippen molar-refractivity contribution in [3.05, 3.63) is 53.8 Å². The van der Waals surface area contributed by atoms with Gasteiger partial charge in [-0.3, -0.25) is 4.90 Å². The summed E-state index contributed by atoms with van der Waals surface area (Å²) in [6, 6.07) is 11.1. The quantitative estimate of drug-likeness (QED) is 0.543. The van der Waals surface area contributed by atoms with Crippen molar-refractivity contribution in [2.24, 2.45) is 5.16 Å². The minimum atomic E-state index is -3.83. The van der Waals surface area contributed by atoms with E-state index in [1.807, 2.05) is 11.8 Å². The zero-order valence-corrected chi connectivity index (χ0v) is 18.9. The summed E-state index contributed by atoms with van der Waals surface area (Å²) in [7, 11) is -2.36. The summed E-state index contributed by atoms with van der Waals surface area (Å²) in [6.45, 7) is 4.54. The van der Waals surface area contributed by atoms with Gasteiger partial charge in [0.15, 0.2) is 0 Å². The monoisotopic (exact) mass is 462 g/mol. The number of hydrogen-bond donors (Lipinski definition) is 1. The Hall–Kier alpha value is -2.69. The second-order valence-corrected chi connectivity index (χ2v) is 9.67. The summed E-state index contributed by atoms with van der Waals surface area (Å²) >= 11 is 0. The van der Waals surface area contributed by atoms with Crippen LogP contribution in [0.25, 0.3) is 0 Å². The lowest BCUT2D eigenvalue weighted by atomic mass is 10.0. The number of anilines is 1. The SMILES string of the molecule is CCCN1C(N2CCN(c3ccc(F)cc3)CC2)C(=NO)c2c(OC)cccc2S1(=O)=O. The molecule has 0 amide bonds. The summed E-state index contributed by atoms with van der Waals surface area (Å²) < 4.78 is 47.2. The van der Waals surface area contributed by atoms with E-state index in [0.29, 0.717) is 50.5 Å². The standard InChI is InChI=1S/C22H27FN4O4S/c1-3-11-27-22(26-14-12-25(13-15-26)17-9-7-16(23)8-10-17)21(24-28)20-18(31-2)5-4-6-19(20)32(27,29)30/h4-10,22,28H,3,11-15H2,1-2H3. The molecule has 1 saturated heterocycles. The third kappa shape index (κ3) is 3.82. The predicted octanol–water partition coefficient (Wildman–Crippen LogP) is 2.58. The van der Waals surface area contributed by atoms with E-state index in [9.17, 15) is 18.0 Å². The summed E-state index contributed by atoms with van der Waals surface area (Å²) in [6.07, 6.45) is -0.132. The van der Waals surface area contributed by atoms with Gasteiger partial charge in [-0.2, -0.15) is 4.31 Å². The highest BCUT2D eigenvalue weighted by atomic mass is 32.2. The predicted molar refractivity (Wildman–Crippen MR) is 119 cm³/mol. The van der Waals surface area contributed by atoms with Gasteiger partial charge in [-0.25, -0.2) is 12.8 Å². The van der Waals surface area contributed by atoms with Gasteiger partial charge < -0.3 is 14.8 Å². The van der Waals surface area contributed by atoms with Crippen molar-refractivity contribution in [1.82, 2.24) is 9.21 Å². The number of oxime groups is 1. The number of hydrogen-bond acceptors (Lipinski definition) is 7. The highest BCUT2D eigenvalue weighted by Crippen LogP contribution is 2.37. The molecule has 2 aromatic rings. The van der Waals surface area contributed by atoms with E-state index in [0.717, 1.165) is 5.69 Å². The minimum absolute atomic E-state index is 0.0827. The molecule has 4 rings (SSSR count). The average molecular weight is 463 g/mol. The number of piperazine rings is 1. The van der Waals surface area contributed by atoms with Crippen molar-refractivity contribution in [2.45, 2.75) is 24.4 Å². The van der Waals surface area contributed by atoms with Gasteiger partial charge >= 0.3 is 0 Å². The van der Waals surface area contributed by atoms with Gasteiger partial charge in [0, 0.05) is 38.4 Å². The number of fused-ring (bicyclic) bond motifs is 1. The van der Waals surface area contributed by atoms with Crippen LogP contribution in [0.1, 0.15) is 18.9 Å². The second kappa shape index (κ2) is 9.05. The fraction of sp³-hybridized carbons (Fsp3) is 0.409. The van der Waals surface area contributed by atoms with Gasteiger partial charge in [-0.1, -0.05) is 18.1 Å². The highest BCUT2D eigenvalue weighted by Gasteiger charge is 2.47. The Morgan fingerprint density at radius 2 is 1.81 bits per heavy atom. The molecular weight excluding hydrogens is 435 g/mol. The van der Waals surface area contributed by atoms with Gasteiger partial charge in [-0.15, -0.1) is 0 Å². The van der Waals surface area contributed by atoms with Crippen molar-refractivity contribution in [1.29, 1.82) is 0 Å². The van der Waals surface area contributed by atoms with Crippen LogP contribution in [0.5, 0.6) is 5.75 Å². The first-order valence-electron chi connectivity index (χ1n) is 10.6. The third-order valence-electron chi connectivity index (χ3n) is 5.97. The molecule has 2 heterocycles. The Morgan fingerprint density at radius 1 is 1.12 bits per heavy atom. The van der Waals surface area contributed by atoms with Crippen LogP contribution in [0.4, 0.5) is 10.1 Å². The maximum Gasteiger partial charge on any atom is 0.245 e. The Balaban J connectivity index is 1.69. The number of nitrogens with zero attached hydrogens (tertiary/aromatic N) is 4. The zero-order chi connectivity index (χ0) is 22.9. The molecular formula is C22H27FN4O4S. The number of halogens is 1. The first-order valence-corrected chi connectivity index (χ1v) is 12.0. The molecule has 172 valence electrons. The van der Waals surface area contributed by atoms with Crippen molar-refractivity contribution in [3.63, 3.8) is 0 Å². The molecule has 0 radical (unpaired) electrons. The molecule has 2 aliphatic heterocycles. The van der Waals surface area contributed by atoms with E-state index in [-0.39, 0.29) is 16.4 Å². The third-order valence-corrected chi connectivity index (χ3v) is 7.87. The van der Waals surface area contributed by atoms with Gasteiger partial charge in [0.2, 0.25) is 10.0 Å². The topological polar surface area (TPSA) is 85.7 Å². The fourth-order valence-corrected chi connectivity index (χ4v) is 6.35. The lowest BCUT2D eigenvalue weighted by molar-refractivity contribution is 0.136. The molecule has 0 spiro atoms. The van der Waals surface area contributed by atoms with Crippen LogP contribution in [0.2, 0.25) is 0 Å². The molecule has 0 aromatic heterocycles. The van der Waals surface area contributed by atoms with Crippen molar-refractivity contribution >= 4 is 21.4 Å². The lowest BCUT2D eigenvalue weighted by Crippen LogP contribution is -2.62. The van der Waals surface area contributed by atoms with Gasteiger partial charge in [0.05, 0.1) is 17.6 Å². The van der Waals surface area contributed by atoms with Crippen molar-refractivity contribution in [3.8, 4) is 5.75 Å². The maximum absolute atomic E-state index is 13.6. The smallest absolute Gasteiger partial charge is 0.245 e. The van der Waals surface area contributed by atoms with E-state index in [1.54, 1.807) is 24.3 Å². The number of sulfonamides is 1. The van der Waals surface area contributed by atoms with Crippen molar-refractivity contribution in [2.75, 3.05) is 44.7 Å². The second-order valence-electron chi connectivity index (χ2n) is 7.81. The number of rotatable bonds is 5. The Morgan fingerprint density at radius 3 is 2.41 bits per heavy atom. The number of ether oxygens (including phenoxy) is 1. The zero-order valence-electron chi connectivity index (χ0n) is 18.1. The van der Waals surface area contributed by atoms with Crippen LogP contribution in [0.3, 0.4) is 0 Å². The van der Waals surface area contributed by atoms with Crippen LogP contribution < -0.4 is 9.64 Å². The molecule has 1 fully saturated rings.